The number of benzene rings is 1. The molecule has 1 aliphatic rings. The van der Waals surface area contributed by atoms with Gasteiger partial charge < -0.3 is 4.90 Å². The summed E-state index contributed by atoms with van der Waals surface area (Å²) in [5.74, 6) is 0. The second-order valence-corrected chi connectivity index (χ2v) is 3.04. The topological polar surface area (TPSA) is 20.1 Å². The zero-order chi connectivity index (χ0) is 9.10. The Morgan fingerprint density at radius 2 is 1.92 bits per heavy atom. The van der Waals surface area contributed by atoms with Crippen LogP contribution < -0.4 is 0 Å². The SMILES string of the molecule is O=C/C=C(\c1ccccc1)N1CC1. The third-order valence-corrected chi connectivity index (χ3v) is 2.08. The molecule has 0 spiro atoms. The Hall–Kier alpha value is -1.57. The fourth-order valence-corrected chi connectivity index (χ4v) is 1.35. The number of rotatable bonds is 3. The summed E-state index contributed by atoms with van der Waals surface area (Å²) in [4.78, 5) is 12.6. The maximum atomic E-state index is 10.4. The molecule has 2 rings (SSSR count). The molecule has 13 heavy (non-hydrogen) atoms. The molecule has 0 radical (unpaired) electrons. The molecule has 0 amide bonds. The van der Waals surface area contributed by atoms with Crippen molar-refractivity contribution >= 4 is 12.0 Å². The summed E-state index contributed by atoms with van der Waals surface area (Å²) in [6, 6.07) is 9.99. The van der Waals surface area contributed by atoms with Gasteiger partial charge in [0.15, 0.2) is 0 Å². The number of allylic oxidation sites excluding steroid dienone is 1. The Balaban J connectivity index is 2.30. The zero-order valence-electron chi connectivity index (χ0n) is 7.31. The second-order valence-electron chi connectivity index (χ2n) is 3.04. The molecule has 0 aliphatic carbocycles. The summed E-state index contributed by atoms with van der Waals surface area (Å²) in [5.41, 5.74) is 2.16. The van der Waals surface area contributed by atoms with E-state index in [9.17, 15) is 4.79 Å². The van der Waals surface area contributed by atoms with Crippen molar-refractivity contribution in [3.8, 4) is 0 Å². The van der Waals surface area contributed by atoms with Crippen LogP contribution >= 0.6 is 0 Å². The van der Waals surface area contributed by atoms with Crippen LogP contribution in [0.1, 0.15) is 5.56 Å². The van der Waals surface area contributed by atoms with Gasteiger partial charge >= 0.3 is 0 Å². The number of carbonyl (C=O) groups excluding carboxylic acids is 1. The Morgan fingerprint density at radius 3 is 2.46 bits per heavy atom. The molecule has 2 nitrogen and oxygen atoms in total. The third-order valence-electron chi connectivity index (χ3n) is 2.08. The van der Waals surface area contributed by atoms with E-state index < -0.39 is 0 Å². The molecule has 1 heterocycles. The standard InChI is InChI=1S/C11H11NO/c13-9-6-11(12-7-8-12)10-4-2-1-3-5-10/h1-6,9H,7-8H2/b11-6+. The highest BCUT2D eigenvalue weighted by atomic mass is 16.1. The Labute approximate surface area is 77.5 Å². The normalized spacial score (nSPS) is 15.7. The van der Waals surface area contributed by atoms with E-state index in [4.69, 9.17) is 0 Å². The molecule has 66 valence electrons. The van der Waals surface area contributed by atoms with Crippen LogP contribution in [0.15, 0.2) is 36.4 Å². The lowest BCUT2D eigenvalue weighted by molar-refractivity contribution is -0.104. The molecule has 0 aromatic heterocycles. The number of hydrogen-bond acceptors (Lipinski definition) is 2. The van der Waals surface area contributed by atoms with Crippen molar-refractivity contribution in [3.05, 3.63) is 42.0 Å². The van der Waals surface area contributed by atoms with Crippen molar-refractivity contribution < 1.29 is 4.79 Å². The minimum Gasteiger partial charge on any atom is -0.367 e. The van der Waals surface area contributed by atoms with Crippen LogP contribution in [0, 0.1) is 0 Å². The lowest BCUT2D eigenvalue weighted by Gasteiger charge is -2.07. The van der Waals surface area contributed by atoms with Crippen molar-refractivity contribution in [2.45, 2.75) is 0 Å². The molecule has 1 aromatic carbocycles. The summed E-state index contributed by atoms with van der Waals surface area (Å²) in [5, 5.41) is 0. The van der Waals surface area contributed by atoms with Crippen LogP contribution in [0.3, 0.4) is 0 Å². The van der Waals surface area contributed by atoms with Crippen molar-refractivity contribution in [1.29, 1.82) is 0 Å². The minimum absolute atomic E-state index is 0.848. The highest BCUT2D eigenvalue weighted by Crippen LogP contribution is 2.24. The van der Waals surface area contributed by atoms with E-state index in [0.29, 0.717) is 0 Å². The molecule has 1 fully saturated rings. The van der Waals surface area contributed by atoms with Crippen molar-refractivity contribution in [1.82, 2.24) is 4.90 Å². The summed E-state index contributed by atoms with van der Waals surface area (Å²) in [6.07, 6.45) is 2.48. The van der Waals surface area contributed by atoms with Crippen LogP contribution in [0.25, 0.3) is 5.70 Å². The predicted octanol–water partition coefficient (Wildman–Crippen LogP) is 1.54. The summed E-state index contributed by atoms with van der Waals surface area (Å²) < 4.78 is 0. The van der Waals surface area contributed by atoms with E-state index in [1.54, 1.807) is 6.08 Å². The lowest BCUT2D eigenvalue weighted by atomic mass is 10.1. The molecular weight excluding hydrogens is 162 g/mol. The smallest absolute Gasteiger partial charge is 0.144 e. The Morgan fingerprint density at radius 1 is 1.23 bits per heavy atom. The van der Waals surface area contributed by atoms with E-state index in [-0.39, 0.29) is 0 Å². The molecule has 0 bridgehead atoms. The van der Waals surface area contributed by atoms with Gasteiger partial charge in [-0.1, -0.05) is 30.3 Å². The average molecular weight is 173 g/mol. The highest BCUT2D eigenvalue weighted by molar-refractivity contribution is 5.81. The second kappa shape index (κ2) is 3.44. The van der Waals surface area contributed by atoms with Gasteiger partial charge in [-0.05, 0) is 5.56 Å². The Kier molecular flexibility index (Phi) is 2.13. The molecule has 0 atom stereocenters. The highest BCUT2D eigenvalue weighted by Gasteiger charge is 2.20. The molecule has 1 saturated heterocycles. The van der Waals surface area contributed by atoms with E-state index in [1.165, 1.54) is 0 Å². The lowest BCUT2D eigenvalue weighted by Crippen LogP contribution is -1.96. The van der Waals surface area contributed by atoms with Crippen molar-refractivity contribution in [3.63, 3.8) is 0 Å². The van der Waals surface area contributed by atoms with Gasteiger partial charge in [-0.25, -0.2) is 0 Å². The first kappa shape index (κ1) is 8.05. The summed E-state index contributed by atoms with van der Waals surface area (Å²) >= 11 is 0. The molecular formula is C11H11NO. The monoisotopic (exact) mass is 173 g/mol. The first-order valence-corrected chi connectivity index (χ1v) is 4.37. The van der Waals surface area contributed by atoms with E-state index in [0.717, 1.165) is 30.6 Å². The number of aldehydes is 1. The molecule has 1 aliphatic heterocycles. The van der Waals surface area contributed by atoms with E-state index >= 15 is 0 Å². The zero-order valence-corrected chi connectivity index (χ0v) is 7.31. The van der Waals surface area contributed by atoms with Gasteiger partial charge in [0, 0.05) is 24.9 Å². The minimum atomic E-state index is 0.848. The molecule has 0 unspecified atom stereocenters. The van der Waals surface area contributed by atoms with Gasteiger partial charge in [-0.3, -0.25) is 4.79 Å². The molecule has 1 aromatic rings. The predicted molar refractivity (Wildman–Crippen MR) is 52.1 cm³/mol. The van der Waals surface area contributed by atoms with Crippen LogP contribution in [0.2, 0.25) is 0 Å². The van der Waals surface area contributed by atoms with Gasteiger partial charge in [-0.2, -0.15) is 0 Å². The first-order chi connectivity index (χ1) is 6.42. The van der Waals surface area contributed by atoms with Gasteiger partial charge in [0.05, 0.1) is 0 Å². The first-order valence-electron chi connectivity index (χ1n) is 4.37. The van der Waals surface area contributed by atoms with Crippen molar-refractivity contribution in [2.75, 3.05) is 13.1 Å². The third kappa shape index (κ3) is 1.78. The molecule has 0 N–H and O–H groups in total. The number of nitrogens with zero attached hydrogens (tertiary/aromatic N) is 1. The van der Waals surface area contributed by atoms with Crippen LogP contribution in [-0.2, 0) is 4.79 Å². The molecule has 0 saturated carbocycles. The van der Waals surface area contributed by atoms with E-state index in [1.807, 2.05) is 30.3 Å². The van der Waals surface area contributed by atoms with Crippen molar-refractivity contribution in [2.24, 2.45) is 0 Å². The van der Waals surface area contributed by atoms with E-state index in [2.05, 4.69) is 4.90 Å². The fraction of sp³-hybridized carbons (Fsp3) is 0.182. The van der Waals surface area contributed by atoms with Gasteiger partial charge in [0.1, 0.15) is 6.29 Å². The quantitative estimate of drug-likeness (QED) is 0.392. The number of hydrogen-bond donors (Lipinski definition) is 0. The van der Waals surface area contributed by atoms with Crippen LogP contribution in [0.5, 0.6) is 0 Å². The van der Waals surface area contributed by atoms with Gasteiger partial charge in [-0.15, -0.1) is 0 Å². The molecule has 2 heteroatoms. The maximum absolute atomic E-state index is 10.4. The number of carbonyl (C=O) groups is 1. The maximum Gasteiger partial charge on any atom is 0.144 e. The van der Waals surface area contributed by atoms with Gasteiger partial charge in [0.2, 0.25) is 0 Å². The van der Waals surface area contributed by atoms with Crippen LogP contribution in [0.4, 0.5) is 0 Å². The van der Waals surface area contributed by atoms with Crippen LogP contribution in [-0.4, -0.2) is 24.3 Å². The van der Waals surface area contributed by atoms with Gasteiger partial charge in [0.25, 0.3) is 0 Å². The Bertz CT molecular complexity index is 325. The summed E-state index contributed by atoms with van der Waals surface area (Å²) in [6.45, 7) is 2.13. The average Bonchev–Trinajstić information content (AvgIpc) is 2.99. The summed E-state index contributed by atoms with van der Waals surface area (Å²) in [7, 11) is 0. The fourth-order valence-electron chi connectivity index (χ4n) is 1.35. The largest absolute Gasteiger partial charge is 0.367 e.